The second-order valence-electron chi connectivity index (χ2n) is 9.07. The average molecular weight is 334 g/mol. The monoisotopic (exact) mass is 334 g/mol. The van der Waals surface area contributed by atoms with Crippen molar-refractivity contribution in [1.82, 2.24) is 0 Å². The predicted octanol–water partition coefficient (Wildman–Crippen LogP) is 2.47. The molecule has 0 saturated heterocycles. The predicted molar refractivity (Wildman–Crippen MR) is 90.3 cm³/mol. The fourth-order valence-corrected chi connectivity index (χ4v) is 6.60. The van der Waals surface area contributed by atoms with E-state index in [4.69, 9.17) is 4.74 Å². The van der Waals surface area contributed by atoms with Gasteiger partial charge in [-0.3, -0.25) is 4.79 Å². The molecule has 0 radical (unpaired) electrons. The van der Waals surface area contributed by atoms with E-state index in [-0.39, 0.29) is 40.7 Å². The summed E-state index contributed by atoms with van der Waals surface area (Å²) >= 11 is 0. The minimum absolute atomic E-state index is 0.0681. The van der Waals surface area contributed by atoms with Gasteiger partial charge in [-0.15, -0.1) is 0 Å². The number of methoxy groups -OCH3 is 1. The van der Waals surface area contributed by atoms with E-state index in [9.17, 15) is 15.0 Å². The van der Waals surface area contributed by atoms with Gasteiger partial charge in [0.1, 0.15) is 6.10 Å². The Morgan fingerprint density at radius 2 is 1.83 bits per heavy atom. The van der Waals surface area contributed by atoms with Crippen molar-refractivity contribution < 1.29 is 19.7 Å². The van der Waals surface area contributed by atoms with Crippen molar-refractivity contribution >= 4 is 5.78 Å². The van der Waals surface area contributed by atoms with Crippen molar-refractivity contribution in [2.75, 3.05) is 7.11 Å². The highest BCUT2D eigenvalue weighted by Crippen LogP contribution is 2.64. The number of hydrogen-bond donors (Lipinski definition) is 2. The van der Waals surface area contributed by atoms with Gasteiger partial charge >= 0.3 is 0 Å². The van der Waals surface area contributed by atoms with Crippen LogP contribution in [-0.2, 0) is 9.53 Å². The first-order valence-corrected chi connectivity index (χ1v) is 9.45. The lowest BCUT2D eigenvalue weighted by Gasteiger charge is -2.57. The third-order valence-corrected chi connectivity index (χ3v) is 8.10. The fourth-order valence-electron chi connectivity index (χ4n) is 6.60. The third-order valence-electron chi connectivity index (χ3n) is 8.10. The molecule has 0 bridgehead atoms. The molecule has 8 atom stereocenters. The Hall–Kier alpha value is -0.710. The summed E-state index contributed by atoms with van der Waals surface area (Å²) in [4.78, 5) is 12.8. The Labute approximate surface area is 144 Å². The number of ether oxygens (including phenoxy) is 1. The summed E-state index contributed by atoms with van der Waals surface area (Å²) in [5, 5.41) is 21.0. The van der Waals surface area contributed by atoms with E-state index in [1.165, 1.54) is 5.57 Å². The summed E-state index contributed by atoms with van der Waals surface area (Å²) in [5.41, 5.74) is 0.961. The quantitative estimate of drug-likeness (QED) is 0.723. The van der Waals surface area contributed by atoms with Gasteiger partial charge < -0.3 is 14.9 Å². The van der Waals surface area contributed by atoms with Crippen LogP contribution in [0.3, 0.4) is 0 Å². The van der Waals surface area contributed by atoms with E-state index in [1.54, 1.807) is 7.11 Å². The number of Topliss-reactive ketones (excluding diaryl/α,β-unsaturated/α-hetero) is 1. The van der Waals surface area contributed by atoms with E-state index in [1.807, 2.05) is 6.08 Å². The molecule has 0 unspecified atom stereocenters. The molecule has 0 aliphatic heterocycles. The summed E-state index contributed by atoms with van der Waals surface area (Å²) in [6.45, 7) is 4.41. The molecule has 4 aliphatic carbocycles. The molecule has 134 valence electrons. The Bertz CT molecular complexity index is 584. The van der Waals surface area contributed by atoms with Gasteiger partial charge in [0.25, 0.3) is 0 Å². The zero-order valence-electron chi connectivity index (χ0n) is 15.0. The largest absolute Gasteiger partial charge is 0.393 e. The maximum absolute atomic E-state index is 12.8. The Balaban J connectivity index is 1.73. The van der Waals surface area contributed by atoms with Crippen LogP contribution in [0.25, 0.3) is 0 Å². The highest BCUT2D eigenvalue weighted by atomic mass is 16.5. The van der Waals surface area contributed by atoms with Crippen LogP contribution >= 0.6 is 0 Å². The smallest absolute Gasteiger partial charge is 0.167 e. The molecule has 0 amide bonds. The SMILES string of the molecule is CO[C@@H]1C[C@H]2[C@@H]3[C@@H](O)C=C4C[C@H](O)CC[C@]4(C)[C@H]3CC[C@]2(C)C1=O. The second-order valence-corrected chi connectivity index (χ2v) is 9.07. The minimum Gasteiger partial charge on any atom is -0.393 e. The molecule has 4 heteroatoms. The topological polar surface area (TPSA) is 66.8 Å². The number of fused-ring (bicyclic) bond motifs is 5. The first kappa shape index (κ1) is 16.7. The lowest BCUT2D eigenvalue weighted by atomic mass is 9.47. The van der Waals surface area contributed by atoms with Crippen molar-refractivity contribution in [2.45, 2.75) is 70.7 Å². The number of carbonyl (C=O) groups is 1. The molecule has 0 aromatic rings. The van der Waals surface area contributed by atoms with Crippen molar-refractivity contribution in [2.24, 2.45) is 28.6 Å². The zero-order chi connectivity index (χ0) is 17.3. The van der Waals surface area contributed by atoms with Crippen LogP contribution in [0.1, 0.15) is 52.4 Å². The van der Waals surface area contributed by atoms with Crippen molar-refractivity contribution in [3.05, 3.63) is 11.6 Å². The molecule has 3 saturated carbocycles. The van der Waals surface area contributed by atoms with Crippen LogP contribution in [0.15, 0.2) is 11.6 Å². The van der Waals surface area contributed by atoms with Crippen LogP contribution in [0.4, 0.5) is 0 Å². The van der Waals surface area contributed by atoms with Crippen LogP contribution in [0.2, 0.25) is 0 Å². The van der Waals surface area contributed by atoms with E-state index in [2.05, 4.69) is 13.8 Å². The van der Waals surface area contributed by atoms with Gasteiger partial charge in [-0.2, -0.15) is 0 Å². The molecule has 0 aromatic heterocycles. The van der Waals surface area contributed by atoms with E-state index >= 15 is 0 Å². The third kappa shape index (κ3) is 2.06. The van der Waals surface area contributed by atoms with Gasteiger partial charge in [-0.1, -0.05) is 25.5 Å². The summed E-state index contributed by atoms with van der Waals surface area (Å²) in [5.74, 6) is 0.975. The Morgan fingerprint density at radius 1 is 1.12 bits per heavy atom. The standard InChI is InChI=1S/C20H30O4/c1-19-6-4-12(21)8-11(19)9-15(22)17-13(19)5-7-20(2)14(17)10-16(24-3)18(20)23/h9,12-17,21-22H,4-8,10H2,1-3H3/t12-,13+,14+,15+,16-,17-,19+,20+/m1/s1. The molecule has 4 aliphatic rings. The van der Waals surface area contributed by atoms with Crippen LogP contribution in [0, 0.1) is 28.6 Å². The molecule has 3 fully saturated rings. The van der Waals surface area contributed by atoms with Gasteiger partial charge in [0.05, 0.1) is 12.2 Å². The Kier molecular flexibility index (Phi) is 3.76. The molecule has 0 heterocycles. The number of aliphatic hydroxyl groups excluding tert-OH is 2. The molecule has 4 rings (SSSR count). The van der Waals surface area contributed by atoms with Crippen molar-refractivity contribution in [3.8, 4) is 0 Å². The molecular formula is C20H30O4. The molecule has 0 aromatic carbocycles. The normalized spacial score (nSPS) is 53.9. The number of hydrogen-bond acceptors (Lipinski definition) is 4. The summed E-state index contributed by atoms with van der Waals surface area (Å²) < 4.78 is 5.46. The lowest BCUT2D eigenvalue weighted by Crippen LogP contribution is -2.54. The number of aliphatic hydroxyl groups is 2. The summed E-state index contributed by atoms with van der Waals surface area (Å²) in [6.07, 6.45) is 6.08. The van der Waals surface area contributed by atoms with E-state index in [0.29, 0.717) is 12.3 Å². The first-order chi connectivity index (χ1) is 11.3. The highest BCUT2D eigenvalue weighted by molar-refractivity contribution is 5.91. The summed E-state index contributed by atoms with van der Waals surface area (Å²) in [7, 11) is 1.62. The number of carbonyl (C=O) groups excluding carboxylic acids is 1. The lowest BCUT2D eigenvalue weighted by molar-refractivity contribution is -0.140. The zero-order valence-corrected chi connectivity index (χ0v) is 15.0. The highest BCUT2D eigenvalue weighted by Gasteiger charge is 2.63. The maximum atomic E-state index is 12.8. The minimum atomic E-state index is -0.503. The van der Waals surface area contributed by atoms with Gasteiger partial charge in [0.2, 0.25) is 0 Å². The first-order valence-electron chi connectivity index (χ1n) is 9.45. The molecule has 2 N–H and O–H groups in total. The van der Waals surface area contributed by atoms with Crippen LogP contribution in [-0.4, -0.2) is 41.4 Å². The summed E-state index contributed by atoms with van der Waals surface area (Å²) in [6, 6.07) is 0. The Morgan fingerprint density at radius 3 is 2.54 bits per heavy atom. The van der Waals surface area contributed by atoms with Crippen molar-refractivity contribution in [1.29, 1.82) is 0 Å². The van der Waals surface area contributed by atoms with Crippen LogP contribution in [0.5, 0.6) is 0 Å². The van der Waals surface area contributed by atoms with Gasteiger partial charge in [0, 0.05) is 12.5 Å². The molecule has 4 nitrogen and oxygen atoms in total. The van der Waals surface area contributed by atoms with Gasteiger partial charge in [-0.05, 0) is 61.7 Å². The molecule has 24 heavy (non-hydrogen) atoms. The van der Waals surface area contributed by atoms with Crippen molar-refractivity contribution in [3.63, 3.8) is 0 Å². The number of ketones is 1. The fraction of sp³-hybridized carbons (Fsp3) is 0.850. The van der Waals surface area contributed by atoms with E-state index in [0.717, 1.165) is 32.1 Å². The van der Waals surface area contributed by atoms with Gasteiger partial charge in [0.15, 0.2) is 5.78 Å². The second kappa shape index (κ2) is 5.39. The van der Waals surface area contributed by atoms with Crippen LogP contribution < -0.4 is 0 Å². The molecular weight excluding hydrogens is 304 g/mol. The number of rotatable bonds is 1. The van der Waals surface area contributed by atoms with Gasteiger partial charge in [-0.25, -0.2) is 0 Å². The maximum Gasteiger partial charge on any atom is 0.167 e. The van der Waals surface area contributed by atoms with E-state index < -0.39 is 6.10 Å². The molecule has 0 spiro atoms. The average Bonchev–Trinajstić information content (AvgIpc) is 2.81.